The van der Waals surface area contributed by atoms with E-state index in [4.69, 9.17) is 4.74 Å². The summed E-state index contributed by atoms with van der Waals surface area (Å²) >= 11 is 1.87. The predicted molar refractivity (Wildman–Crippen MR) is 86.9 cm³/mol. The van der Waals surface area contributed by atoms with Gasteiger partial charge in [0.2, 0.25) is 0 Å². The number of amides is 1. The number of alkyl halides is 1. The molecule has 3 heterocycles. The van der Waals surface area contributed by atoms with Crippen LogP contribution in [0.1, 0.15) is 31.4 Å². The van der Waals surface area contributed by atoms with Gasteiger partial charge in [0.15, 0.2) is 5.67 Å². The third-order valence-electron chi connectivity index (χ3n) is 5.14. The first-order chi connectivity index (χ1) is 11.1. The molecule has 6 heteroatoms. The molecule has 1 amide bonds. The second-order valence-corrected chi connectivity index (χ2v) is 8.42. The smallest absolute Gasteiger partial charge is 0.260 e. The van der Waals surface area contributed by atoms with Gasteiger partial charge in [-0.15, -0.1) is 11.8 Å². The summed E-state index contributed by atoms with van der Waals surface area (Å²) < 4.78 is 20.2. The van der Waals surface area contributed by atoms with E-state index in [2.05, 4.69) is 4.98 Å². The summed E-state index contributed by atoms with van der Waals surface area (Å²) in [6.07, 6.45) is 4.54. The summed E-state index contributed by atoms with van der Waals surface area (Å²) in [5, 5.41) is 0. The van der Waals surface area contributed by atoms with Gasteiger partial charge in [0.1, 0.15) is 0 Å². The zero-order valence-electron chi connectivity index (χ0n) is 13.0. The van der Waals surface area contributed by atoms with Crippen molar-refractivity contribution >= 4 is 17.7 Å². The van der Waals surface area contributed by atoms with Crippen LogP contribution in [0, 0.1) is 0 Å². The van der Waals surface area contributed by atoms with E-state index in [1.165, 1.54) is 0 Å². The molecule has 124 valence electrons. The Morgan fingerprint density at radius 1 is 1.43 bits per heavy atom. The van der Waals surface area contributed by atoms with Crippen molar-refractivity contribution in [2.75, 3.05) is 18.8 Å². The van der Waals surface area contributed by atoms with Crippen molar-refractivity contribution in [3.63, 3.8) is 0 Å². The fourth-order valence-corrected chi connectivity index (χ4v) is 5.15. The number of thioether (sulfide) groups is 1. The second-order valence-electron chi connectivity index (χ2n) is 6.93. The first-order valence-corrected chi connectivity index (χ1v) is 9.21. The van der Waals surface area contributed by atoms with Crippen LogP contribution in [0.5, 0.6) is 0 Å². The Kier molecular flexibility index (Phi) is 3.84. The highest BCUT2D eigenvalue weighted by Crippen LogP contribution is 2.48. The zero-order chi connectivity index (χ0) is 15.9. The SMILES string of the molecule is O=C(N1CC2(C[C@@H](OCc3ccccn3)CS2)C1)C1(F)CCC1. The van der Waals surface area contributed by atoms with Crippen molar-refractivity contribution in [3.05, 3.63) is 30.1 Å². The maximum Gasteiger partial charge on any atom is 0.260 e. The minimum absolute atomic E-state index is 0.0878. The monoisotopic (exact) mass is 336 g/mol. The summed E-state index contributed by atoms with van der Waals surface area (Å²) in [6, 6.07) is 5.81. The number of likely N-dealkylation sites (tertiary alicyclic amines) is 1. The minimum Gasteiger partial charge on any atom is -0.371 e. The van der Waals surface area contributed by atoms with Crippen molar-refractivity contribution in [1.82, 2.24) is 9.88 Å². The molecule has 2 aliphatic heterocycles. The average Bonchev–Trinajstić information content (AvgIpc) is 2.94. The fourth-order valence-electron chi connectivity index (χ4n) is 3.59. The number of aromatic nitrogens is 1. The topological polar surface area (TPSA) is 42.4 Å². The molecule has 1 aromatic rings. The molecule has 1 aliphatic carbocycles. The lowest BCUT2D eigenvalue weighted by atomic mass is 9.79. The van der Waals surface area contributed by atoms with Crippen LogP contribution in [0.15, 0.2) is 24.4 Å². The third-order valence-corrected chi connectivity index (χ3v) is 6.72. The van der Waals surface area contributed by atoms with Crippen LogP contribution in [0.4, 0.5) is 4.39 Å². The first kappa shape index (κ1) is 15.4. The normalized spacial score (nSPS) is 27.5. The molecule has 2 saturated heterocycles. The summed E-state index contributed by atoms with van der Waals surface area (Å²) in [4.78, 5) is 18.1. The van der Waals surface area contributed by atoms with Gasteiger partial charge in [-0.1, -0.05) is 6.07 Å². The quantitative estimate of drug-likeness (QED) is 0.847. The van der Waals surface area contributed by atoms with Crippen LogP contribution in [0.2, 0.25) is 0 Å². The number of ether oxygens (including phenoxy) is 1. The predicted octanol–water partition coefficient (Wildman–Crippen LogP) is 2.58. The number of halogens is 1. The first-order valence-electron chi connectivity index (χ1n) is 8.22. The molecule has 0 unspecified atom stereocenters. The molecule has 1 aromatic heterocycles. The van der Waals surface area contributed by atoms with Crippen LogP contribution < -0.4 is 0 Å². The number of carbonyl (C=O) groups excluding carboxylic acids is 1. The molecule has 4 rings (SSSR count). The summed E-state index contributed by atoms with van der Waals surface area (Å²) in [7, 11) is 0. The Labute approximate surface area is 139 Å². The van der Waals surface area contributed by atoms with Crippen molar-refractivity contribution in [3.8, 4) is 0 Å². The highest BCUT2D eigenvalue weighted by molar-refractivity contribution is 8.01. The van der Waals surface area contributed by atoms with Gasteiger partial charge >= 0.3 is 0 Å². The van der Waals surface area contributed by atoms with E-state index in [0.29, 0.717) is 32.5 Å². The molecule has 3 fully saturated rings. The van der Waals surface area contributed by atoms with E-state index in [-0.39, 0.29) is 16.8 Å². The van der Waals surface area contributed by atoms with Gasteiger partial charge in [-0.25, -0.2) is 4.39 Å². The Morgan fingerprint density at radius 2 is 2.26 bits per heavy atom. The van der Waals surface area contributed by atoms with Gasteiger partial charge < -0.3 is 9.64 Å². The summed E-state index contributed by atoms with van der Waals surface area (Å²) in [5.74, 6) is 0.656. The molecule has 1 spiro atoms. The molecule has 0 aromatic carbocycles. The molecular formula is C17H21FN2O2S. The molecular weight excluding hydrogens is 315 g/mol. The van der Waals surface area contributed by atoms with Gasteiger partial charge in [-0.2, -0.15) is 0 Å². The zero-order valence-corrected chi connectivity index (χ0v) is 13.9. The second kappa shape index (κ2) is 5.74. The lowest BCUT2D eigenvalue weighted by Crippen LogP contribution is -2.65. The Balaban J connectivity index is 1.26. The summed E-state index contributed by atoms with van der Waals surface area (Å²) in [5.41, 5.74) is -0.618. The van der Waals surface area contributed by atoms with Gasteiger partial charge in [0.05, 0.1) is 23.2 Å². The average molecular weight is 336 g/mol. The Morgan fingerprint density at radius 3 is 2.91 bits per heavy atom. The standard InChI is InChI=1S/C17H21FN2O2S/c18-17(5-3-6-17)15(21)20-11-16(12-20)8-14(10-23-16)22-9-13-4-1-2-7-19-13/h1-2,4,7,14H,3,5-6,8-12H2/t14-/m1/s1. The van der Waals surface area contributed by atoms with E-state index in [1.807, 2.05) is 30.0 Å². The van der Waals surface area contributed by atoms with E-state index in [9.17, 15) is 9.18 Å². The molecule has 4 nitrogen and oxygen atoms in total. The number of pyridine rings is 1. The molecule has 1 saturated carbocycles. The Bertz CT molecular complexity index is 588. The maximum atomic E-state index is 14.2. The van der Waals surface area contributed by atoms with E-state index in [1.54, 1.807) is 11.1 Å². The van der Waals surface area contributed by atoms with Crippen molar-refractivity contribution < 1.29 is 13.9 Å². The molecule has 1 atom stereocenters. The largest absolute Gasteiger partial charge is 0.371 e. The molecule has 3 aliphatic rings. The van der Waals surface area contributed by atoms with Crippen LogP contribution in [0.25, 0.3) is 0 Å². The van der Waals surface area contributed by atoms with E-state index in [0.717, 1.165) is 24.3 Å². The highest BCUT2D eigenvalue weighted by Gasteiger charge is 2.56. The molecule has 0 bridgehead atoms. The number of nitrogens with zero attached hydrogens (tertiary/aromatic N) is 2. The summed E-state index contributed by atoms with van der Waals surface area (Å²) in [6.45, 7) is 1.87. The lowest BCUT2D eigenvalue weighted by molar-refractivity contribution is -0.155. The van der Waals surface area contributed by atoms with Gasteiger partial charge in [0, 0.05) is 25.0 Å². The molecule has 23 heavy (non-hydrogen) atoms. The highest BCUT2D eigenvalue weighted by atomic mass is 32.2. The lowest BCUT2D eigenvalue weighted by Gasteiger charge is -2.50. The van der Waals surface area contributed by atoms with Crippen LogP contribution >= 0.6 is 11.8 Å². The third kappa shape index (κ3) is 2.87. The van der Waals surface area contributed by atoms with Gasteiger partial charge in [-0.3, -0.25) is 9.78 Å². The fraction of sp³-hybridized carbons (Fsp3) is 0.647. The van der Waals surface area contributed by atoms with Crippen molar-refractivity contribution in [2.45, 2.75) is 48.8 Å². The maximum absolute atomic E-state index is 14.2. The van der Waals surface area contributed by atoms with Crippen LogP contribution in [0.3, 0.4) is 0 Å². The minimum atomic E-state index is -1.56. The number of hydrogen-bond acceptors (Lipinski definition) is 4. The van der Waals surface area contributed by atoms with Crippen LogP contribution in [-0.2, 0) is 16.1 Å². The number of carbonyl (C=O) groups is 1. The van der Waals surface area contributed by atoms with E-state index < -0.39 is 5.67 Å². The molecule has 0 radical (unpaired) electrons. The number of rotatable bonds is 4. The van der Waals surface area contributed by atoms with Crippen molar-refractivity contribution in [1.29, 1.82) is 0 Å². The van der Waals surface area contributed by atoms with Gasteiger partial charge in [0.25, 0.3) is 5.91 Å². The van der Waals surface area contributed by atoms with Gasteiger partial charge in [-0.05, 0) is 37.8 Å². The molecule has 0 N–H and O–H groups in total. The van der Waals surface area contributed by atoms with E-state index >= 15 is 0 Å². The number of hydrogen-bond donors (Lipinski definition) is 0. The van der Waals surface area contributed by atoms with Crippen molar-refractivity contribution in [2.24, 2.45) is 0 Å². The Hall–Kier alpha value is -1.14. The van der Waals surface area contributed by atoms with Crippen LogP contribution in [-0.4, -0.2) is 51.2 Å².